The van der Waals surface area contributed by atoms with E-state index in [1.54, 1.807) is 0 Å². The number of ether oxygens (including phenoxy) is 3. The van der Waals surface area contributed by atoms with Crippen LogP contribution in [0.25, 0.3) is 0 Å². The Morgan fingerprint density at radius 1 is 1.05 bits per heavy atom. The second-order valence-corrected chi connectivity index (χ2v) is 5.15. The lowest BCUT2D eigenvalue weighted by atomic mass is 10.2. The zero-order valence-electron chi connectivity index (χ0n) is 12.4. The van der Waals surface area contributed by atoms with Crippen LogP contribution >= 0.6 is 0 Å². The van der Waals surface area contributed by atoms with Gasteiger partial charge in [0.2, 0.25) is 0 Å². The molecule has 0 unspecified atom stereocenters. The molecule has 0 saturated carbocycles. The number of hydrogen-bond acceptors (Lipinski definition) is 5. The van der Waals surface area contributed by atoms with Gasteiger partial charge in [-0.2, -0.15) is 0 Å². The minimum atomic E-state index is -0.457. The maximum absolute atomic E-state index is 11.3. The van der Waals surface area contributed by atoms with Gasteiger partial charge in [0.15, 0.2) is 0 Å². The van der Waals surface area contributed by atoms with Gasteiger partial charge in [-0.25, -0.2) is 4.79 Å². The number of carbonyl (C=O) groups is 1. The zero-order chi connectivity index (χ0) is 14.6. The monoisotopic (exact) mass is 276 g/mol. The molecule has 114 valence electrons. The van der Waals surface area contributed by atoms with Crippen molar-refractivity contribution in [3.63, 3.8) is 0 Å². The first-order valence-electron chi connectivity index (χ1n) is 6.78. The summed E-state index contributed by atoms with van der Waals surface area (Å²) in [6, 6.07) is 0. The Morgan fingerprint density at radius 3 is 2.16 bits per heavy atom. The van der Waals surface area contributed by atoms with Crippen LogP contribution in [0.1, 0.15) is 33.6 Å². The van der Waals surface area contributed by atoms with E-state index in [0.717, 1.165) is 12.8 Å². The van der Waals surface area contributed by atoms with Crippen molar-refractivity contribution in [2.24, 2.45) is 5.73 Å². The lowest BCUT2D eigenvalue weighted by Gasteiger charge is -2.19. The molecule has 0 atom stereocenters. The predicted octanol–water partition coefficient (Wildman–Crippen LogP) is 1.28. The Balaban J connectivity index is 3.21. The number of carbonyl (C=O) groups excluding carboxylic acids is 1. The molecule has 0 radical (unpaired) electrons. The Kier molecular flexibility index (Phi) is 10.5. The van der Waals surface area contributed by atoms with E-state index in [4.69, 9.17) is 19.9 Å². The molecule has 0 aromatic carbocycles. The molecule has 0 aromatic heterocycles. The smallest absolute Gasteiger partial charge is 0.407 e. The minimum absolute atomic E-state index is 0.391. The van der Waals surface area contributed by atoms with Gasteiger partial charge in [-0.15, -0.1) is 0 Å². The van der Waals surface area contributed by atoms with Crippen LogP contribution in [0.4, 0.5) is 4.79 Å². The summed E-state index contributed by atoms with van der Waals surface area (Å²) >= 11 is 0. The topological polar surface area (TPSA) is 82.8 Å². The summed E-state index contributed by atoms with van der Waals surface area (Å²) in [4.78, 5) is 11.3. The standard InChI is InChI=1S/C13H28N2O4/c1-13(2,3)19-12(16)15-7-5-9-18-11-10-17-8-4-6-14/h4-11,14H2,1-3H3,(H,15,16). The lowest BCUT2D eigenvalue weighted by Crippen LogP contribution is -2.33. The molecule has 0 bridgehead atoms. The number of nitrogens with one attached hydrogen (secondary N) is 1. The van der Waals surface area contributed by atoms with Crippen molar-refractivity contribution in [1.29, 1.82) is 0 Å². The van der Waals surface area contributed by atoms with E-state index in [1.165, 1.54) is 0 Å². The van der Waals surface area contributed by atoms with Gasteiger partial charge in [-0.1, -0.05) is 0 Å². The highest BCUT2D eigenvalue weighted by Gasteiger charge is 2.15. The van der Waals surface area contributed by atoms with Gasteiger partial charge >= 0.3 is 6.09 Å². The highest BCUT2D eigenvalue weighted by atomic mass is 16.6. The van der Waals surface area contributed by atoms with Crippen molar-refractivity contribution in [1.82, 2.24) is 5.32 Å². The zero-order valence-corrected chi connectivity index (χ0v) is 12.4. The number of hydrogen-bond donors (Lipinski definition) is 2. The lowest BCUT2D eigenvalue weighted by molar-refractivity contribution is 0.0433. The van der Waals surface area contributed by atoms with E-state index < -0.39 is 11.7 Å². The van der Waals surface area contributed by atoms with E-state index >= 15 is 0 Å². The van der Waals surface area contributed by atoms with Crippen molar-refractivity contribution in [2.45, 2.75) is 39.2 Å². The van der Waals surface area contributed by atoms with Gasteiger partial charge in [0.1, 0.15) is 5.60 Å². The summed E-state index contributed by atoms with van der Waals surface area (Å²) in [6.07, 6.45) is 1.24. The fraction of sp³-hybridized carbons (Fsp3) is 0.923. The van der Waals surface area contributed by atoms with Gasteiger partial charge in [0, 0.05) is 19.8 Å². The second-order valence-electron chi connectivity index (χ2n) is 5.15. The average Bonchev–Trinajstić information content (AvgIpc) is 2.29. The van der Waals surface area contributed by atoms with E-state index in [0.29, 0.717) is 39.5 Å². The summed E-state index contributed by atoms with van der Waals surface area (Å²) in [5, 5.41) is 2.67. The molecular weight excluding hydrogens is 248 g/mol. The summed E-state index contributed by atoms with van der Waals surface area (Å²) in [6.45, 7) is 9.12. The molecule has 0 aliphatic heterocycles. The third-order valence-corrected chi connectivity index (χ3v) is 2.00. The van der Waals surface area contributed by atoms with Gasteiger partial charge in [-0.3, -0.25) is 0 Å². The molecule has 0 saturated heterocycles. The molecule has 0 aliphatic rings. The van der Waals surface area contributed by atoms with Gasteiger partial charge < -0.3 is 25.3 Å². The molecule has 3 N–H and O–H groups in total. The second kappa shape index (κ2) is 11.0. The average molecular weight is 276 g/mol. The molecule has 0 rings (SSSR count). The molecule has 6 nitrogen and oxygen atoms in total. The maximum atomic E-state index is 11.3. The molecule has 0 spiro atoms. The van der Waals surface area contributed by atoms with Crippen molar-refractivity contribution in [3.8, 4) is 0 Å². The molecule has 0 heterocycles. The third-order valence-electron chi connectivity index (χ3n) is 2.00. The molecule has 6 heteroatoms. The van der Waals surface area contributed by atoms with Crippen LogP contribution in [0, 0.1) is 0 Å². The third kappa shape index (κ3) is 15.1. The van der Waals surface area contributed by atoms with Crippen LogP contribution in [0.5, 0.6) is 0 Å². The summed E-state index contributed by atoms with van der Waals surface area (Å²) in [7, 11) is 0. The fourth-order valence-corrected chi connectivity index (χ4v) is 1.19. The van der Waals surface area contributed by atoms with Crippen molar-refractivity contribution in [3.05, 3.63) is 0 Å². The molecular formula is C13H28N2O4. The molecule has 1 amide bonds. The van der Waals surface area contributed by atoms with E-state index in [2.05, 4.69) is 5.32 Å². The Labute approximate surface area is 116 Å². The predicted molar refractivity (Wildman–Crippen MR) is 74.2 cm³/mol. The summed E-state index contributed by atoms with van der Waals surface area (Å²) < 4.78 is 15.7. The Bertz CT molecular complexity index is 229. The fourth-order valence-electron chi connectivity index (χ4n) is 1.19. The molecule has 19 heavy (non-hydrogen) atoms. The first kappa shape index (κ1) is 18.1. The van der Waals surface area contributed by atoms with Crippen LogP contribution in [-0.4, -0.2) is 51.2 Å². The number of amides is 1. The number of alkyl carbamates (subject to hydrolysis) is 1. The minimum Gasteiger partial charge on any atom is -0.444 e. The normalized spacial score (nSPS) is 11.4. The van der Waals surface area contributed by atoms with Crippen molar-refractivity contribution < 1.29 is 19.0 Å². The molecule has 0 aromatic rings. The van der Waals surface area contributed by atoms with Crippen molar-refractivity contribution in [2.75, 3.05) is 39.5 Å². The molecule has 0 aliphatic carbocycles. The van der Waals surface area contributed by atoms with E-state index in [1.807, 2.05) is 20.8 Å². The maximum Gasteiger partial charge on any atom is 0.407 e. The first-order chi connectivity index (χ1) is 8.95. The van der Waals surface area contributed by atoms with Gasteiger partial charge in [-0.05, 0) is 40.2 Å². The molecule has 0 fully saturated rings. The number of rotatable bonds is 10. The van der Waals surface area contributed by atoms with Crippen LogP contribution in [0.2, 0.25) is 0 Å². The Morgan fingerprint density at radius 2 is 1.63 bits per heavy atom. The summed E-state index contributed by atoms with van der Waals surface area (Å²) in [5.74, 6) is 0. The highest BCUT2D eigenvalue weighted by Crippen LogP contribution is 2.06. The SMILES string of the molecule is CC(C)(C)OC(=O)NCCCOCCOCCCN. The van der Waals surface area contributed by atoms with Crippen molar-refractivity contribution >= 4 is 6.09 Å². The van der Waals surface area contributed by atoms with Crippen LogP contribution < -0.4 is 11.1 Å². The van der Waals surface area contributed by atoms with E-state index in [9.17, 15) is 4.79 Å². The highest BCUT2D eigenvalue weighted by molar-refractivity contribution is 5.67. The van der Waals surface area contributed by atoms with Gasteiger partial charge in [0.05, 0.1) is 13.2 Å². The summed E-state index contributed by atoms with van der Waals surface area (Å²) in [5.41, 5.74) is 4.87. The first-order valence-corrected chi connectivity index (χ1v) is 6.78. The quantitative estimate of drug-likeness (QED) is 0.587. The Hall–Kier alpha value is -0.850. The van der Waals surface area contributed by atoms with E-state index in [-0.39, 0.29) is 0 Å². The number of nitrogens with two attached hydrogens (primary N) is 1. The van der Waals surface area contributed by atoms with Crippen LogP contribution in [0.3, 0.4) is 0 Å². The van der Waals surface area contributed by atoms with Crippen LogP contribution in [-0.2, 0) is 14.2 Å². The largest absolute Gasteiger partial charge is 0.444 e. The van der Waals surface area contributed by atoms with Gasteiger partial charge in [0.25, 0.3) is 0 Å². The van der Waals surface area contributed by atoms with Crippen LogP contribution in [0.15, 0.2) is 0 Å².